The van der Waals surface area contributed by atoms with E-state index in [0.717, 1.165) is 18.4 Å². The molecule has 0 bridgehead atoms. The van der Waals surface area contributed by atoms with E-state index in [9.17, 15) is 13.5 Å². The Bertz CT molecular complexity index is 491. The highest BCUT2D eigenvalue weighted by atomic mass is 32.2. The predicted octanol–water partition coefficient (Wildman–Crippen LogP) is 1.88. The fourth-order valence-electron chi connectivity index (χ4n) is 1.78. The zero-order valence-corrected chi connectivity index (χ0v) is 10.8. The molecule has 4 nitrogen and oxygen atoms in total. The topological polar surface area (TPSA) is 57.6 Å². The lowest BCUT2D eigenvalue weighted by molar-refractivity contribution is 0.397. The highest BCUT2D eigenvalue weighted by molar-refractivity contribution is 7.90. The molecule has 0 aliphatic heterocycles. The predicted molar refractivity (Wildman–Crippen MR) is 66.2 cm³/mol. The molecule has 5 heteroatoms. The summed E-state index contributed by atoms with van der Waals surface area (Å²) < 4.78 is 25.5. The molecule has 1 saturated carbocycles. The first-order valence-corrected chi connectivity index (χ1v) is 7.19. The number of rotatable bonds is 4. The van der Waals surface area contributed by atoms with Crippen LogP contribution in [0.3, 0.4) is 0 Å². The van der Waals surface area contributed by atoms with Crippen LogP contribution in [-0.4, -0.2) is 30.1 Å². The summed E-state index contributed by atoms with van der Waals surface area (Å²) in [4.78, 5) is 0. The van der Waals surface area contributed by atoms with Gasteiger partial charge in [0.1, 0.15) is 5.75 Å². The maximum absolute atomic E-state index is 12.1. The number of aromatic hydroxyl groups is 1. The quantitative estimate of drug-likeness (QED) is 0.893. The number of nitrogens with zero attached hydrogens (tertiary/aromatic N) is 1. The number of hydrogen-bond donors (Lipinski definition) is 1. The summed E-state index contributed by atoms with van der Waals surface area (Å²) in [5.41, 5.74) is 0.884. The van der Waals surface area contributed by atoms with Crippen molar-refractivity contribution in [3.05, 3.63) is 29.8 Å². The molecule has 1 atom stereocenters. The largest absolute Gasteiger partial charge is 0.508 e. The van der Waals surface area contributed by atoms with Gasteiger partial charge in [-0.25, -0.2) is 8.42 Å². The van der Waals surface area contributed by atoms with Gasteiger partial charge in [0.15, 0.2) is 0 Å². The summed E-state index contributed by atoms with van der Waals surface area (Å²) in [6.07, 6.45) is 1.55. The lowest BCUT2D eigenvalue weighted by Gasteiger charge is -2.24. The van der Waals surface area contributed by atoms with Crippen LogP contribution in [0, 0.1) is 0 Å². The van der Waals surface area contributed by atoms with Crippen molar-refractivity contribution in [3.8, 4) is 5.75 Å². The SMILES string of the molecule is CC(c1ccc(O)cc1)N(C)S(=O)(=O)C1CC1. The maximum Gasteiger partial charge on any atom is 0.217 e. The van der Waals surface area contributed by atoms with Crippen molar-refractivity contribution in [3.63, 3.8) is 0 Å². The van der Waals surface area contributed by atoms with E-state index < -0.39 is 10.0 Å². The first-order chi connectivity index (χ1) is 7.93. The highest BCUT2D eigenvalue weighted by Crippen LogP contribution is 2.34. The van der Waals surface area contributed by atoms with Crippen LogP contribution < -0.4 is 0 Å². The van der Waals surface area contributed by atoms with Crippen LogP contribution >= 0.6 is 0 Å². The first-order valence-electron chi connectivity index (χ1n) is 5.68. The van der Waals surface area contributed by atoms with Gasteiger partial charge in [0, 0.05) is 13.1 Å². The molecule has 0 amide bonds. The summed E-state index contributed by atoms with van der Waals surface area (Å²) in [5.74, 6) is 0.189. The summed E-state index contributed by atoms with van der Waals surface area (Å²) in [6, 6.07) is 6.44. The third-order valence-corrected chi connectivity index (χ3v) is 5.70. The van der Waals surface area contributed by atoms with Crippen molar-refractivity contribution in [2.45, 2.75) is 31.1 Å². The van der Waals surface area contributed by atoms with Crippen LogP contribution in [-0.2, 0) is 10.0 Å². The average molecular weight is 255 g/mol. The minimum atomic E-state index is -3.15. The van der Waals surface area contributed by atoms with Gasteiger partial charge in [-0.05, 0) is 37.5 Å². The van der Waals surface area contributed by atoms with Crippen molar-refractivity contribution in [2.24, 2.45) is 0 Å². The van der Waals surface area contributed by atoms with Crippen LogP contribution in [0.5, 0.6) is 5.75 Å². The summed E-state index contributed by atoms with van der Waals surface area (Å²) >= 11 is 0. The summed E-state index contributed by atoms with van der Waals surface area (Å²) in [5, 5.41) is 9.02. The fourth-order valence-corrected chi connectivity index (χ4v) is 3.55. The Morgan fingerprint density at radius 1 is 1.29 bits per heavy atom. The molecule has 1 aromatic rings. The third kappa shape index (κ3) is 2.45. The number of hydrogen-bond acceptors (Lipinski definition) is 3. The molecule has 1 aliphatic carbocycles. The normalized spacial score (nSPS) is 18.3. The molecular formula is C12H17NO3S. The standard InChI is InChI=1S/C12H17NO3S/c1-9(10-3-5-11(14)6-4-10)13(2)17(15,16)12-7-8-12/h3-6,9,12,14H,7-8H2,1-2H3. The zero-order valence-electron chi connectivity index (χ0n) is 10.00. The lowest BCUT2D eigenvalue weighted by Crippen LogP contribution is -2.32. The van der Waals surface area contributed by atoms with Crippen LogP contribution in [0.15, 0.2) is 24.3 Å². The van der Waals surface area contributed by atoms with Crippen LogP contribution in [0.25, 0.3) is 0 Å². The Kier molecular flexibility index (Phi) is 3.14. The lowest BCUT2D eigenvalue weighted by atomic mass is 10.1. The average Bonchev–Trinajstić information content (AvgIpc) is 3.12. The van der Waals surface area contributed by atoms with Gasteiger partial charge in [-0.2, -0.15) is 4.31 Å². The second-order valence-electron chi connectivity index (χ2n) is 4.53. The van der Waals surface area contributed by atoms with E-state index in [-0.39, 0.29) is 17.0 Å². The van der Waals surface area contributed by atoms with Gasteiger partial charge < -0.3 is 5.11 Å². The molecule has 1 N–H and O–H groups in total. The summed E-state index contributed by atoms with van der Waals surface area (Å²) in [6.45, 7) is 1.85. The third-order valence-electron chi connectivity index (χ3n) is 3.27. The molecule has 1 unspecified atom stereocenters. The molecule has 0 radical (unpaired) electrons. The maximum atomic E-state index is 12.1. The second-order valence-corrected chi connectivity index (χ2v) is 6.80. The van der Waals surface area contributed by atoms with Crippen molar-refractivity contribution in [1.29, 1.82) is 0 Å². The van der Waals surface area contributed by atoms with Crippen molar-refractivity contribution in [2.75, 3.05) is 7.05 Å². The Morgan fingerprint density at radius 2 is 1.82 bits per heavy atom. The smallest absolute Gasteiger partial charge is 0.217 e. The molecule has 0 saturated heterocycles. The van der Waals surface area contributed by atoms with Gasteiger partial charge in [0.05, 0.1) is 5.25 Å². The molecule has 1 aliphatic rings. The zero-order chi connectivity index (χ0) is 12.6. The van der Waals surface area contributed by atoms with Gasteiger partial charge in [-0.15, -0.1) is 0 Å². The van der Waals surface area contributed by atoms with Gasteiger partial charge in [0.25, 0.3) is 0 Å². The Labute approximate surface area is 102 Å². The van der Waals surface area contributed by atoms with E-state index >= 15 is 0 Å². The molecule has 0 heterocycles. The van der Waals surface area contributed by atoms with Crippen LogP contribution in [0.4, 0.5) is 0 Å². The van der Waals surface area contributed by atoms with Gasteiger partial charge >= 0.3 is 0 Å². The van der Waals surface area contributed by atoms with Crippen molar-refractivity contribution < 1.29 is 13.5 Å². The van der Waals surface area contributed by atoms with Gasteiger partial charge in [0.2, 0.25) is 10.0 Å². The number of benzene rings is 1. The number of sulfonamides is 1. The first kappa shape index (κ1) is 12.4. The molecule has 1 aromatic carbocycles. The summed E-state index contributed by atoms with van der Waals surface area (Å²) in [7, 11) is -1.54. The minimum Gasteiger partial charge on any atom is -0.508 e. The molecule has 2 rings (SSSR count). The fraction of sp³-hybridized carbons (Fsp3) is 0.500. The second kappa shape index (κ2) is 4.31. The van der Waals surface area contributed by atoms with Crippen molar-refractivity contribution >= 4 is 10.0 Å². The van der Waals surface area contributed by atoms with E-state index in [1.54, 1.807) is 31.3 Å². The van der Waals surface area contributed by atoms with Crippen molar-refractivity contribution in [1.82, 2.24) is 4.31 Å². The Hall–Kier alpha value is -1.07. The van der Waals surface area contributed by atoms with E-state index in [4.69, 9.17) is 0 Å². The van der Waals surface area contributed by atoms with E-state index in [1.807, 2.05) is 6.92 Å². The molecular weight excluding hydrogens is 238 g/mol. The van der Waals surface area contributed by atoms with Crippen LogP contribution in [0.1, 0.15) is 31.4 Å². The number of phenolic OH excluding ortho intramolecular Hbond substituents is 1. The van der Waals surface area contributed by atoms with Crippen LogP contribution in [0.2, 0.25) is 0 Å². The Balaban J connectivity index is 2.19. The molecule has 0 aromatic heterocycles. The van der Waals surface area contributed by atoms with E-state index in [2.05, 4.69) is 0 Å². The Morgan fingerprint density at radius 3 is 2.29 bits per heavy atom. The van der Waals surface area contributed by atoms with E-state index in [1.165, 1.54) is 4.31 Å². The number of phenols is 1. The highest BCUT2D eigenvalue weighted by Gasteiger charge is 2.40. The molecule has 17 heavy (non-hydrogen) atoms. The monoisotopic (exact) mass is 255 g/mol. The molecule has 1 fully saturated rings. The molecule has 0 spiro atoms. The minimum absolute atomic E-state index is 0.188. The molecule has 94 valence electrons. The van der Waals surface area contributed by atoms with Gasteiger partial charge in [-0.3, -0.25) is 0 Å². The van der Waals surface area contributed by atoms with Gasteiger partial charge in [-0.1, -0.05) is 12.1 Å². The van der Waals surface area contributed by atoms with E-state index in [0.29, 0.717) is 0 Å².